The first-order valence-electron chi connectivity index (χ1n) is 15.4. The molecule has 0 spiro atoms. The average Bonchev–Trinajstić information content (AvgIpc) is 3.53. The molecule has 0 amide bonds. The number of pyridine rings is 2. The van der Waals surface area contributed by atoms with Gasteiger partial charge in [0, 0.05) is 56.4 Å². The van der Waals surface area contributed by atoms with Gasteiger partial charge in [0.25, 0.3) is 0 Å². The normalized spacial score (nSPS) is 11.4. The van der Waals surface area contributed by atoms with Crippen LogP contribution in [0.25, 0.3) is 89.4 Å². The summed E-state index contributed by atoms with van der Waals surface area (Å²) >= 11 is 0. The van der Waals surface area contributed by atoms with E-state index in [4.69, 9.17) is 24.4 Å². The molecule has 0 aliphatic rings. The Morgan fingerprint density at radius 2 is 1.02 bits per heavy atom. The molecule has 0 fully saturated rings. The molecule has 9 rings (SSSR count). The van der Waals surface area contributed by atoms with Gasteiger partial charge in [-0.1, -0.05) is 103 Å². The lowest BCUT2D eigenvalue weighted by Crippen LogP contribution is -2.00. The van der Waals surface area contributed by atoms with Crippen LogP contribution in [0.15, 0.2) is 156 Å². The highest BCUT2D eigenvalue weighted by atomic mass is 16.3. The summed E-state index contributed by atoms with van der Waals surface area (Å²) in [6.07, 6.45) is 3.72. The number of fused-ring (bicyclic) bond motifs is 4. The summed E-state index contributed by atoms with van der Waals surface area (Å²) in [4.78, 5) is 24.2. The zero-order valence-corrected chi connectivity index (χ0v) is 25.1. The molecule has 4 heterocycles. The van der Waals surface area contributed by atoms with Gasteiger partial charge in [-0.05, 0) is 47.3 Å². The summed E-state index contributed by atoms with van der Waals surface area (Å²) in [6.45, 7) is 0. The van der Waals surface area contributed by atoms with E-state index in [1.807, 2.05) is 97.2 Å². The maximum Gasteiger partial charge on any atom is 0.227 e. The molecule has 5 aromatic carbocycles. The second-order valence-electron chi connectivity index (χ2n) is 11.4. The Labute approximate surface area is 270 Å². The molecule has 9 aromatic rings. The Bertz CT molecular complexity index is 2520. The maximum absolute atomic E-state index is 5.97. The largest absolute Gasteiger partial charge is 0.438 e. The molecule has 0 aliphatic heterocycles. The topological polar surface area (TPSA) is 77.6 Å². The summed E-state index contributed by atoms with van der Waals surface area (Å²) in [7, 11) is 0. The zero-order valence-electron chi connectivity index (χ0n) is 25.1. The summed E-state index contributed by atoms with van der Waals surface area (Å²) in [5, 5.41) is 4.19. The molecule has 6 heteroatoms. The van der Waals surface area contributed by atoms with Crippen LogP contribution in [0.3, 0.4) is 0 Å². The lowest BCUT2D eigenvalue weighted by atomic mass is 9.95. The van der Waals surface area contributed by atoms with Gasteiger partial charge in [0.15, 0.2) is 17.5 Å². The summed E-state index contributed by atoms with van der Waals surface area (Å²) in [6, 6.07) is 47.0. The highest BCUT2D eigenvalue weighted by Crippen LogP contribution is 2.37. The van der Waals surface area contributed by atoms with Gasteiger partial charge in [0.2, 0.25) is 5.71 Å². The highest BCUT2D eigenvalue weighted by molar-refractivity contribution is 6.08. The van der Waals surface area contributed by atoms with Gasteiger partial charge in [-0.2, -0.15) is 0 Å². The minimum absolute atomic E-state index is 0.614. The second kappa shape index (κ2) is 11.1. The number of benzene rings is 5. The standard InChI is InChI=1S/C41H25N5O/c1-3-11-26(12-4-1)38-44-39(27-13-5-2-6-14-27)46-40(45-38)30-16-9-15-28(23-30)35-25-43-37(32-18-8-7-17-31(32)35)29-20-21-36-34(24-29)33-19-10-22-42-41(33)47-36/h1-25H. The molecule has 0 bridgehead atoms. The van der Waals surface area contributed by atoms with Gasteiger partial charge in [-0.25, -0.2) is 19.9 Å². The first-order valence-corrected chi connectivity index (χ1v) is 15.4. The molecular formula is C41H25N5O. The Kier molecular flexibility index (Phi) is 6.35. The maximum atomic E-state index is 5.97. The number of hydrogen-bond donors (Lipinski definition) is 0. The van der Waals surface area contributed by atoms with E-state index in [0.717, 1.165) is 66.2 Å². The van der Waals surface area contributed by atoms with Gasteiger partial charge < -0.3 is 4.42 Å². The Balaban J connectivity index is 1.17. The van der Waals surface area contributed by atoms with Crippen LogP contribution in [-0.4, -0.2) is 24.9 Å². The van der Waals surface area contributed by atoms with Crippen LogP contribution in [-0.2, 0) is 0 Å². The zero-order chi connectivity index (χ0) is 31.2. The minimum atomic E-state index is 0.614. The number of furan rings is 1. The van der Waals surface area contributed by atoms with Crippen LogP contribution in [0.4, 0.5) is 0 Å². The second-order valence-corrected chi connectivity index (χ2v) is 11.4. The quantitative estimate of drug-likeness (QED) is 0.195. The molecule has 4 aromatic heterocycles. The first-order chi connectivity index (χ1) is 23.3. The van der Waals surface area contributed by atoms with Gasteiger partial charge in [0.05, 0.1) is 5.69 Å². The van der Waals surface area contributed by atoms with Crippen molar-refractivity contribution in [1.29, 1.82) is 0 Å². The molecule has 0 aliphatic carbocycles. The van der Waals surface area contributed by atoms with Crippen LogP contribution >= 0.6 is 0 Å². The first kappa shape index (κ1) is 26.8. The fraction of sp³-hybridized carbons (Fsp3) is 0. The van der Waals surface area contributed by atoms with Crippen molar-refractivity contribution < 1.29 is 4.42 Å². The van der Waals surface area contributed by atoms with Gasteiger partial charge in [-0.3, -0.25) is 4.98 Å². The summed E-state index contributed by atoms with van der Waals surface area (Å²) in [5.74, 6) is 1.88. The van der Waals surface area contributed by atoms with E-state index >= 15 is 0 Å². The van der Waals surface area contributed by atoms with Gasteiger partial charge in [-0.15, -0.1) is 0 Å². The van der Waals surface area contributed by atoms with Crippen molar-refractivity contribution in [3.63, 3.8) is 0 Å². The highest BCUT2D eigenvalue weighted by Gasteiger charge is 2.16. The van der Waals surface area contributed by atoms with Crippen LogP contribution in [0.1, 0.15) is 0 Å². The van der Waals surface area contributed by atoms with Crippen molar-refractivity contribution in [2.24, 2.45) is 0 Å². The van der Waals surface area contributed by atoms with Crippen molar-refractivity contribution in [1.82, 2.24) is 24.9 Å². The molecule has 6 nitrogen and oxygen atoms in total. The Morgan fingerprint density at radius 3 is 1.77 bits per heavy atom. The lowest BCUT2D eigenvalue weighted by molar-refractivity contribution is 0.654. The number of hydrogen-bond acceptors (Lipinski definition) is 6. The van der Waals surface area contributed by atoms with E-state index in [2.05, 4.69) is 53.5 Å². The van der Waals surface area contributed by atoms with Crippen molar-refractivity contribution in [2.75, 3.05) is 0 Å². The van der Waals surface area contributed by atoms with Gasteiger partial charge in [0.1, 0.15) is 5.58 Å². The van der Waals surface area contributed by atoms with Crippen LogP contribution < -0.4 is 0 Å². The van der Waals surface area contributed by atoms with E-state index in [1.54, 1.807) is 6.20 Å². The van der Waals surface area contributed by atoms with E-state index in [-0.39, 0.29) is 0 Å². The van der Waals surface area contributed by atoms with E-state index < -0.39 is 0 Å². The molecule has 0 atom stereocenters. The van der Waals surface area contributed by atoms with Crippen LogP contribution in [0.5, 0.6) is 0 Å². The molecule has 0 saturated heterocycles. The van der Waals surface area contributed by atoms with Crippen molar-refractivity contribution in [3.8, 4) is 56.5 Å². The van der Waals surface area contributed by atoms with Crippen molar-refractivity contribution in [3.05, 3.63) is 152 Å². The molecular weight excluding hydrogens is 578 g/mol. The van der Waals surface area contributed by atoms with E-state index in [0.29, 0.717) is 23.2 Å². The third-order valence-corrected chi connectivity index (χ3v) is 8.45. The number of aromatic nitrogens is 5. The fourth-order valence-corrected chi connectivity index (χ4v) is 6.17. The molecule has 0 N–H and O–H groups in total. The molecule has 220 valence electrons. The smallest absolute Gasteiger partial charge is 0.227 e. The lowest BCUT2D eigenvalue weighted by Gasteiger charge is -2.13. The third-order valence-electron chi connectivity index (χ3n) is 8.45. The van der Waals surface area contributed by atoms with Gasteiger partial charge >= 0.3 is 0 Å². The van der Waals surface area contributed by atoms with Crippen molar-refractivity contribution in [2.45, 2.75) is 0 Å². The Hall–Kier alpha value is -6.53. The van der Waals surface area contributed by atoms with Crippen molar-refractivity contribution >= 4 is 32.8 Å². The SMILES string of the molecule is c1ccc(-c2nc(-c3ccccc3)nc(-c3cccc(-c4cnc(-c5ccc6oc7ncccc7c6c5)c5ccccc45)c3)n2)cc1. The Morgan fingerprint density at radius 1 is 0.404 bits per heavy atom. The summed E-state index contributed by atoms with van der Waals surface area (Å²) in [5.41, 5.74) is 8.22. The fourth-order valence-electron chi connectivity index (χ4n) is 6.17. The number of nitrogens with zero attached hydrogens (tertiary/aromatic N) is 5. The summed E-state index contributed by atoms with van der Waals surface area (Å²) < 4.78 is 5.97. The molecule has 0 unspecified atom stereocenters. The monoisotopic (exact) mass is 603 g/mol. The molecule has 0 saturated carbocycles. The third kappa shape index (κ3) is 4.80. The molecule has 0 radical (unpaired) electrons. The van der Waals surface area contributed by atoms with E-state index in [9.17, 15) is 0 Å². The predicted molar refractivity (Wildman–Crippen MR) is 187 cm³/mol. The number of rotatable bonds is 5. The minimum Gasteiger partial charge on any atom is -0.438 e. The van der Waals surface area contributed by atoms with E-state index in [1.165, 1.54) is 0 Å². The van der Waals surface area contributed by atoms with Crippen LogP contribution in [0, 0.1) is 0 Å². The van der Waals surface area contributed by atoms with Crippen LogP contribution in [0.2, 0.25) is 0 Å². The molecule has 47 heavy (non-hydrogen) atoms. The predicted octanol–water partition coefficient (Wildman–Crippen LogP) is 10.0. The average molecular weight is 604 g/mol.